The standard InChI is InChI=1S/C20H22N4O2/c1-13-21-18-6-5-16(10-19(18)22-13)23-20(26)15-4-2-3-14(9-15)11-24-8-7-17(25)12-24/h2-6,9-10,17,25H,7-8,11-12H2,1H3,(H,21,22)(H,23,26)/t17-/m0/s1. The molecule has 4 rings (SSSR count). The molecule has 1 amide bonds. The summed E-state index contributed by atoms with van der Waals surface area (Å²) in [5.41, 5.74) is 4.23. The average Bonchev–Trinajstić information content (AvgIpc) is 3.19. The lowest BCUT2D eigenvalue weighted by atomic mass is 10.1. The van der Waals surface area contributed by atoms with Crippen LogP contribution < -0.4 is 5.32 Å². The van der Waals surface area contributed by atoms with Crippen LogP contribution in [0.15, 0.2) is 42.5 Å². The molecule has 6 heteroatoms. The van der Waals surface area contributed by atoms with Crippen LogP contribution in [-0.2, 0) is 6.54 Å². The van der Waals surface area contributed by atoms with Gasteiger partial charge in [-0.3, -0.25) is 9.69 Å². The van der Waals surface area contributed by atoms with Crippen LogP contribution in [0.25, 0.3) is 11.0 Å². The van der Waals surface area contributed by atoms with Gasteiger partial charge in [-0.25, -0.2) is 4.98 Å². The number of imidazole rings is 1. The van der Waals surface area contributed by atoms with E-state index < -0.39 is 0 Å². The van der Waals surface area contributed by atoms with Gasteiger partial charge in [-0.05, 0) is 49.2 Å². The molecule has 0 bridgehead atoms. The number of nitrogens with zero attached hydrogens (tertiary/aromatic N) is 2. The van der Waals surface area contributed by atoms with Crippen molar-refractivity contribution in [2.24, 2.45) is 0 Å². The zero-order valence-corrected chi connectivity index (χ0v) is 14.7. The lowest BCUT2D eigenvalue weighted by Crippen LogP contribution is -2.21. The van der Waals surface area contributed by atoms with E-state index in [1.807, 2.05) is 49.4 Å². The van der Waals surface area contributed by atoms with E-state index in [9.17, 15) is 9.90 Å². The Hall–Kier alpha value is -2.70. The number of carbonyl (C=O) groups is 1. The molecule has 3 N–H and O–H groups in total. The summed E-state index contributed by atoms with van der Waals surface area (Å²) >= 11 is 0. The summed E-state index contributed by atoms with van der Waals surface area (Å²) in [7, 11) is 0. The summed E-state index contributed by atoms with van der Waals surface area (Å²) in [4.78, 5) is 22.4. The van der Waals surface area contributed by atoms with Gasteiger partial charge in [0.15, 0.2) is 0 Å². The molecule has 0 spiro atoms. The van der Waals surface area contributed by atoms with E-state index in [4.69, 9.17) is 0 Å². The summed E-state index contributed by atoms with van der Waals surface area (Å²) < 4.78 is 0. The van der Waals surface area contributed by atoms with Crippen molar-refractivity contribution in [3.05, 3.63) is 59.4 Å². The van der Waals surface area contributed by atoms with Crippen molar-refractivity contribution in [3.8, 4) is 0 Å². The number of hydrogen-bond acceptors (Lipinski definition) is 4. The number of rotatable bonds is 4. The first-order valence-electron chi connectivity index (χ1n) is 8.84. The van der Waals surface area contributed by atoms with E-state index in [2.05, 4.69) is 20.2 Å². The Morgan fingerprint density at radius 2 is 2.23 bits per heavy atom. The largest absolute Gasteiger partial charge is 0.392 e. The Labute approximate surface area is 151 Å². The van der Waals surface area contributed by atoms with Crippen molar-refractivity contribution >= 4 is 22.6 Å². The van der Waals surface area contributed by atoms with Crippen molar-refractivity contribution in [2.45, 2.75) is 26.0 Å². The van der Waals surface area contributed by atoms with Gasteiger partial charge in [0, 0.05) is 30.9 Å². The quantitative estimate of drug-likeness (QED) is 0.676. The number of fused-ring (bicyclic) bond motifs is 1. The molecule has 0 radical (unpaired) electrons. The highest BCUT2D eigenvalue weighted by molar-refractivity contribution is 6.05. The fraction of sp³-hybridized carbons (Fsp3) is 0.300. The zero-order valence-electron chi connectivity index (χ0n) is 14.7. The van der Waals surface area contributed by atoms with Gasteiger partial charge in [0.25, 0.3) is 5.91 Å². The van der Waals surface area contributed by atoms with Crippen LogP contribution in [-0.4, -0.2) is 45.1 Å². The Kier molecular flexibility index (Phi) is 4.44. The highest BCUT2D eigenvalue weighted by Crippen LogP contribution is 2.19. The van der Waals surface area contributed by atoms with E-state index in [-0.39, 0.29) is 12.0 Å². The lowest BCUT2D eigenvalue weighted by molar-refractivity contribution is 0.102. The Bertz CT molecular complexity index is 950. The molecular formula is C20H22N4O2. The maximum absolute atomic E-state index is 12.6. The molecule has 1 fully saturated rings. The van der Waals surface area contributed by atoms with Crippen LogP contribution in [0.5, 0.6) is 0 Å². The number of likely N-dealkylation sites (tertiary alicyclic amines) is 1. The number of nitrogens with one attached hydrogen (secondary N) is 2. The van der Waals surface area contributed by atoms with E-state index in [0.717, 1.165) is 47.6 Å². The Balaban J connectivity index is 1.47. The predicted molar refractivity (Wildman–Crippen MR) is 101 cm³/mol. The van der Waals surface area contributed by atoms with E-state index in [0.29, 0.717) is 12.1 Å². The maximum atomic E-state index is 12.6. The lowest BCUT2D eigenvalue weighted by Gasteiger charge is -2.15. The molecule has 1 aliphatic rings. The van der Waals surface area contributed by atoms with Crippen LogP contribution in [0.3, 0.4) is 0 Å². The van der Waals surface area contributed by atoms with Crippen molar-refractivity contribution in [2.75, 3.05) is 18.4 Å². The number of hydrogen-bond donors (Lipinski definition) is 3. The number of benzene rings is 2. The molecule has 6 nitrogen and oxygen atoms in total. The molecule has 26 heavy (non-hydrogen) atoms. The molecule has 1 saturated heterocycles. The van der Waals surface area contributed by atoms with Crippen molar-refractivity contribution < 1.29 is 9.90 Å². The van der Waals surface area contributed by atoms with Gasteiger partial charge >= 0.3 is 0 Å². The number of anilines is 1. The topological polar surface area (TPSA) is 81.2 Å². The normalized spacial score (nSPS) is 17.7. The molecular weight excluding hydrogens is 328 g/mol. The summed E-state index contributed by atoms with van der Waals surface area (Å²) in [6, 6.07) is 13.3. The van der Waals surface area contributed by atoms with Crippen LogP contribution in [0.1, 0.15) is 28.2 Å². The van der Waals surface area contributed by atoms with Gasteiger partial charge in [-0.2, -0.15) is 0 Å². The maximum Gasteiger partial charge on any atom is 0.255 e. The number of carbonyl (C=O) groups excluding carboxylic acids is 1. The third kappa shape index (κ3) is 3.61. The van der Waals surface area contributed by atoms with E-state index in [1.165, 1.54) is 0 Å². The number of aryl methyl sites for hydroxylation is 1. The molecule has 1 aliphatic heterocycles. The third-order valence-corrected chi connectivity index (χ3v) is 4.70. The van der Waals surface area contributed by atoms with Crippen molar-refractivity contribution in [3.63, 3.8) is 0 Å². The van der Waals surface area contributed by atoms with Crippen molar-refractivity contribution in [1.82, 2.24) is 14.9 Å². The third-order valence-electron chi connectivity index (χ3n) is 4.70. The Morgan fingerprint density at radius 1 is 1.35 bits per heavy atom. The van der Waals surface area contributed by atoms with Crippen molar-refractivity contribution in [1.29, 1.82) is 0 Å². The van der Waals surface area contributed by atoms with Crippen LogP contribution in [0.2, 0.25) is 0 Å². The van der Waals surface area contributed by atoms with Gasteiger partial charge in [-0.1, -0.05) is 12.1 Å². The number of aliphatic hydroxyl groups is 1. The minimum atomic E-state index is -0.234. The second-order valence-electron chi connectivity index (χ2n) is 6.89. The molecule has 1 atom stereocenters. The summed E-state index contributed by atoms with van der Waals surface area (Å²) in [6.07, 6.45) is 0.581. The average molecular weight is 350 g/mol. The first kappa shape index (κ1) is 16.8. The predicted octanol–water partition coefficient (Wildman–Crippen LogP) is 2.69. The molecule has 0 unspecified atom stereocenters. The van der Waals surface area contributed by atoms with Gasteiger partial charge in [-0.15, -0.1) is 0 Å². The fourth-order valence-corrected chi connectivity index (χ4v) is 3.44. The smallest absolute Gasteiger partial charge is 0.255 e. The molecule has 2 heterocycles. The summed E-state index contributed by atoms with van der Waals surface area (Å²) in [5, 5.41) is 12.6. The number of aromatic nitrogens is 2. The fourth-order valence-electron chi connectivity index (χ4n) is 3.44. The number of amides is 1. The monoisotopic (exact) mass is 350 g/mol. The van der Waals surface area contributed by atoms with Gasteiger partial charge in [0.2, 0.25) is 0 Å². The number of aliphatic hydroxyl groups excluding tert-OH is 1. The highest BCUT2D eigenvalue weighted by atomic mass is 16.3. The minimum Gasteiger partial charge on any atom is -0.392 e. The summed E-state index contributed by atoms with van der Waals surface area (Å²) in [6.45, 7) is 4.24. The van der Waals surface area contributed by atoms with Gasteiger partial charge < -0.3 is 15.4 Å². The minimum absolute atomic E-state index is 0.135. The zero-order chi connectivity index (χ0) is 18.1. The summed E-state index contributed by atoms with van der Waals surface area (Å²) in [5.74, 6) is 0.715. The number of aromatic amines is 1. The molecule has 2 aromatic carbocycles. The van der Waals surface area contributed by atoms with E-state index in [1.54, 1.807) is 0 Å². The molecule has 0 saturated carbocycles. The van der Waals surface area contributed by atoms with E-state index >= 15 is 0 Å². The van der Waals surface area contributed by atoms with Crippen LogP contribution in [0.4, 0.5) is 5.69 Å². The van der Waals surface area contributed by atoms with Crippen LogP contribution in [0, 0.1) is 6.92 Å². The molecule has 0 aliphatic carbocycles. The highest BCUT2D eigenvalue weighted by Gasteiger charge is 2.20. The number of H-pyrrole nitrogens is 1. The van der Waals surface area contributed by atoms with Gasteiger partial charge in [0.05, 0.1) is 17.1 Å². The van der Waals surface area contributed by atoms with Crippen LogP contribution >= 0.6 is 0 Å². The number of β-amino-alcohol motifs (C(OH)–C–C–N with tert-alkyl or cyclic N) is 1. The molecule has 134 valence electrons. The Morgan fingerprint density at radius 3 is 3.04 bits per heavy atom. The second kappa shape index (κ2) is 6.90. The SMILES string of the molecule is Cc1nc2ccc(NC(=O)c3cccc(CN4CC[C@H](O)C4)c3)cc2[nH]1. The molecule has 1 aromatic heterocycles. The molecule has 3 aromatic rings. The van der Waals surface area contributed by atoms with Gasteiger partial charge in [0.1, 0.15) is 5.82 Å². The first-order chi connectivity index (χ1) is 12.6. The first-order valence-corrected chi connectivity index (χ1v) is 8.84. The second-order valence-corrected chi connectivity index (χ2v) is 6.89.